The number of ether oxygens (including phenoxy) is 3. The van der Waals surface area contributed by atoms with Gasteiger partial charge in [-0.3, -0.25) is 4.79 Å². The van der Waals surface area contributed by atoms with E-state index in [-0.39, 0.29) is 5.91 Å². The molecule has 7 heteroatoms. The van der Waals surface area contributed by atoms with Crippen molar-refractivity contribution < 1.29 is 19.0 Å². The van der Waals surface area contributed by atoms with E-state index in [2.05, 4.69) is 26.5 Å². The number of hydrogen-bond donors (Lipinski definition) is 1. The highest BCUT2D eigenvalue weighted by Gasteiger charge is 2.15. The number of nitrogens with one attached hydrogen (secondary N) is 1. The Hall–Kier alpha value is -2.54. The van der Waals surface area contributed by atoms with Crippen molar-refractivity contribution in [1.29, 1.82) is 0 Å². The van der Waals surface area contributed by atoms with E-state index in [1.165, 1.54) is 13.3 Å². The van der Waals surface area contributed by atoms with E-state index in [0.717, 1.165) is 5.56 Å². The van der Waals surface area contributed by atoms with Crippen LogP contribution in [0, 0.1) is 0 Å². The summed E-state index contributed by atoms with van der Waals surface area (Å²) in [6, 6.07) is 10.6. The van der Waals surface area contributed by atoms with Crippen molar-refractivity contribution in [2.24, 2.45) is 5.10 Å². The molecule has 2 aromatic rings. The third-order valence-corrected chi connectivity index (χ3v) is 3.88. The van der Waals surface area contributed by atoms with Crippen LogP contribution in [0.15, 0.2) is 46.0 Å². The largest absolute Gasteiger partial charge is 0.496 e. The van der Waals surface area contributed by atoms with Gasteiger partial charge in [-0.25, -0.2) is 5.43 Å². The molecule has 0 radical (unpaired) electrons. The van der Waals surface area contributed by atoms with Gasteiger partial charge in [0.25, 0.3) is 5.91 Å². The monoisotopic (exact) mass is 406 g/mol. The smallest absolute Gasteiger partial charge is 0.271 e. The molecule has 0 bridgehead atoms. The van der Waals surface area contributed by atoms with E-state index in [4.69, 9.17) is 14.2 Å². The molecule has 0 saturated heterocycles. The molecule has 2 rings (SSSR count). The van der Waals surface area contributed by atoms with E-state index in [1.807, 2.05) is 31.2 Å². The second-order valence-corrected chi connectivity index (χ2v) is 5.72. The van der Waals surface area contributed by atoms with E-state index in [9.17, 15) is 4.79 Å². The number of methoxy groups -OCH3 is 2. The maximum atomic E-state index is 12.3. The summed E-state index contributed by atoms with van der Waals surface area (Å²) < 4.78 is 16.7. The number of amides is 1. The molecule has 25 heavy (non-hydrogen) atoms. The summed E-state index contributed by atoms with van der Waals surface area (Å²) in [6.07, 6.45) is 1.53. The average Bonchev–Trinajstić information content (AvgIpc) is 2.63. The molecule has 0 aliphatic carbocycles. The van der Waals surface area contributed by atoms with Crippen LogP contribution in [0.25, 0.3) is 0 Å². The van der Waals surface area contributed by atoms with Crippen molar-refractivity contribution in [1.82, 2.24) is 5.43 Å². The number of hydrogen-bond acceptors (Lipinski definition) is 5. The van der Waals surface area contributed by atoms with Gasteiger partial charge in [0.1, 0.15) is 5.75 Å². The van der Waals surface area contributed by atoms with Crippen LogP contribution >= 0.6 is 15.9 Å². The lowest BCUT2D eigenvalue weighted by molar-refractivity contribution is 0.0954. The minimum atomic E-state index is -0.367. The van der Waals surface area contributed by atoms with Crippen LogP contribution in [-0.4, -0.2) is 32.9 Å². The zero-order valence-corrected chi connectivity index (χ0v) is 15.8. The van der Waals surface area contributed by atoms with Crippen LogP contribution < -0.4 is 19.6 Å². The number of hydrazone groups is 1. The van der Waals surface area contributed by atoms with E-state index in [1.54, 1.807) is 19.2 Å². The number of halogens is 1. The van der Waals surface area contributed by atoms with Gasteiger partial charge in [0, 0.05) is 11.1 Å². The topological polar surface area (TPSA) is 69.2 Å². The predicted octanol–water partition coefficient (Wildman–Crippen LogP) is 3.63. The van der Waals surface area contributed by atoms with Crippen molar-refractivity contribution in [3.63, 3.8) is 0 Å². The lowest BCUT2D eigenvalue weighted by Gasteiger charge is -2.12. The van der Waals surface area contributed by atoms with Crippen molar-refractivity contribution in [2.75, 3.05) is 20.8 Å². The number of rotatable bonds is 7. The molecular weight excluding hydrogens is 388 g/mol. The molecule has 6 nitrogen and oxygen atoms in total. The Kier molecular flexibility index (Phi) is 6.82. The Labute approximate surface area is 154 Å². The third-order valence-electron chi connectivity index (χ3n) is 3.29. The minimum Gasteiger partial charge on any atom is -0.496 e. The van der Waals surface area contributed by atoms with E-state index in [0.29, 0.717) is 33.9 Å². The molecule has 0 aliphatic rings. The maximum Gasteiger partial charge on any atom is 0.271 e. The summed E-state index contributed by atoms with van der Waals surface area (Å²) in [4.78, 5) is 12.3. The van der Waals surface area contributed by atoms with Crippen LogP contribution in [0.4, 0.5) is 0 Å². The summed E-state index contributed by atoms with van der Waals surface area (Å²) in [7, 11) is 3.10. The highest BCUT2D eigenvalue weighted by Crippen LogP contribution is 2.36. The summed E-state index contributed by atoms with van der Waals surface area (Å²) in [5.74, 6) is 1.33. The van der Waals surface area contributed by atoms with Crippen molar-refractivity contribution >= 4 is 28.1 Å². The van der Waals surface area contributed by atoms with Gasteiger partial charge in [-0.15, -0.1) is 0 Å². The molecule has 2 aromatic carbocycles. The van der Waals surface area contributed by atoms with Gasteiger partial charge in [-0.1, -0.05) is 12.1 Å². The van der Waals surface area contributed by atoms with Gasteiger partial charge in [-0.2, -0.15) is 5.10 Å². The van der Waals surface area contributed by atoms with Gasteiger partial charge in [0.2, 0.25) is 0 Å². The fourth-order valence-corrected chi connectivity index (χ4v) is 2.69. The standard InChI is InChI=1S/C18H19BrN2O4/c1-4-25-17-14(19)9-13(10-16(17)24-3)18(22)21-20-11-12-7-5-6-8-15(12)23-2/h5-11H,4H2,1-3H3,(H,21,22)/b20-11-. The highest BCUT2D eigenvalue weighted by molar-refractivity contribution is 9.10. The molecule has 132 valence electrons. The first kappa shape index (κ1) is 18.8. The molecule has 0 fully saturated rings. The molecule has 1 N–H and O–H groups in total. The molecule has 0 heterocycles. The zero-order chi connectivity index (χ0) is 18.2. The van der Waals surface area contributed by atoms with Gasteiger partial charge in [-0.05, 0) is 47.1 Å². The average molecular weight is 407 g/mol. The second-order valence-electron chi connectivity index (χ2n) is 4.86. The SMILES string of the molecule is CCOc1c(Br)cc(C(=O)N/N=C\c2ccccc2OC)cc1OC. The Morgan fingerprint density at radius 3 is 2.60 bits per heavy atom. The zero-order valence-electron chi connectivity index (χ0n) is 14.2. The van der Waals surface area contributed by atoms with E-state index < -0.39 is 0 Å². The maximum absolute atomic E-state index is 12.3. The number of carbonyl (C=O) groups is 1. The first-order valence-electron chi connectivity index (χ1n) is 7.57. The lowest BCUT2D eigenvalue weighted by Crippen LogP contribution is -2.18. The molecule has 0 atom stereocenters. The Bertz CT molecular complexity index is 778. The second kappa shape index (κ2) is 9.08. The van der Waals surface area contributed by atoms with Crippen LogP contribution in [0.2, 0.25) is 0 Å². The van der Waals surface area contributed by atoms with Crippen LogP contribution in [0.1, 0.15) is 22.8 Å². The fourth-order valence-electron chi connectivity index (χ4n) is 2.13. The molecule has 0 aromatic heterocycles. The third kappa shape index (κ3) is 4.73. The van der Waals surface area contributed by atoms with Crippen LogP contribution in [0.5, 0.6) is 17.2 Å². The molecule has 1 amide bonds. The normalized spacial score (nSPS) is 10.6. The Morgan fingerprint density at radius 2 is 1.92 bits per heavy atom. The van der Waals surface area contributed by atoms with Crippen molar-refractivity contribution in [3.05, 3.63) is 52.0 Å². The summed E-state index contributed by atoms with van der Waals surface area (Å²) in [5.41, 5.74) is 3.64. The molecule has 0 aliphatic heterocycles. The number of carbonyl (C=O) groups excluding carboxylic acids is 1. The Balaban J connectivity index is 2.15. The fraction of sp³-hybridized carbons (Fsp3) is 0.222. The van der Waals surface area contributed by atoms with Crippen LogP contribution in [-0.2, 0) is 0 Å². The van der Waals surface area contributed by atoms with Gasteiger partial charge < -0.3 is 14.2 Å². The molecular formula is C18H19BrN2O4. The highest BCUT2D eigenvalue weighted by atomic mass is 79.9. The Morgan fingerprint density at radius 1 is 1.20 bits per heavy atom. The first-order chi connectivity index (χ1) is 12.1. The number of nitrogens with zero attached hydrogens (tertiary/aromatic N) is 1. The van der Waals surface area contributed by atoms with Gasteiger partial charge >= 0.3 is 0 Å². The first-order valence-corrected chi connectivity index (χ1v) is 8.36. The van der Waals surface area contributed by atoms with Crippen molar-refractivity contribution in [3.8, 4) is 17.2 Å². The number of benzene rings is 2. The quantitative estimate of drug-likeness (QED) is 0.562. The number of para-hydroxylation sites is 1. The van der Waals surface area contributed by atoms with Gasteiger partial charge in [0.05, 0.1) is 31.5 Å². The van der Waals surface area contributed by atoms with Crippen LogP contribution in [0.3, 0.4) is 0 Å². The minimum absolute atomic E-state index is 0.367. The lowest BCUT2D eigenvalue weighted by atomic mass is 10.2. The van der Waals surface area contributed by atoms with E-state index >= 15 is 0 Å². The summed E-state index contributed by atoms with van der Waals surface area (Å²) >= 11 is 3.39. The predicted molar refractivity (Wildman–Crippen MR) is 99.9 cm³/mol. The van der Waals surface area contributed by atoms with Crippen molar-refractivity contribution in [2.45, 2.75) is 6.92 Å². The molecule has 0 saturated carbocycles. The summed E-state index contributed by atoms with van der Waals surface area (Å²) in [6.45, 7) is 2.36. The summed E-state index contributed by atoms with van der Waals surface area (Å²) in [5, 5.41) is 3.98. The molecule has 0 spiro atoms. The van der Waals surface area contributed by atoms with Gasteiger partial charge in [0.15, 0.2) is 11.5 Å². The molecule has 0 unspecified atom stereocenters.